The first kappa shape index (κ1) is 49.5. The molecule has 0 saturated heterocycles. The first-order chi connectivity index (χ1) is 44.1. The Morgan fingerprint density at radius 1 is 0.247 bits per heavy atom. The first-order valence-corrected chi connectivity index (χ1v) is 30.6. The fourth-order valence-corrected chi connectivity index (χ4v) is 15.3. The van der Waals surface area contributed by atoms with Crippen LogP contribution in [0, 0.1) is 0 Å². The average Bonchev–Trinajstić information content (AvgIpc) is 1.53. The Morgan fingerprint density at radius 2 is 0.742 bits per heavy atom. The molecule has 0 radical (unpaired) electrons. The van der Waals surface area contributed by atoms with E-state index in [2.05, 4.69) is 313 Å². The molecule has 0 N–H and O–H groups in total. The van der Waals surface area contributed by atoms with E-state index in [-0.39, 0.29) is 0 Å². The fraction of sp³-hybridized carbons (Fsp3) is 0.0118. The summed E-state index contributed by atoms with van der Waals surface area (Å²) in [7, 11) is 0. The number of anilines is 6. The molecule has 0 bridgehead atoms. The van der Waals surface area contributed by atoms with Crippen LogP contribution in [0.5, 0.6) is 0 Å². The van der Waals surface area contributed by atoms with Gasteiger partial charge in [-0.2, -0.15) is 0 Å². The predicted molar refractivity (Wildman–Crippen MR) is 370 cm³/mol. The molecule has 1 atom stereocenters. The second-order valence-corrected chi connectivity index (χ2v) is 23.8. The number of benzene rings is 15. The third-order valence-electron chi connectivity index (χ3n) is 19.2. The highest BCUT2D eigenvalue weighted by atomic mass is 16.3. The van der Waals surface area contributed by atoms with E-state index in [1.807, 2.05) is 12.1 Å². The van der Waals surface area contributed by atoms with E-state index in [1.54, 1.807) is 0 Å². The smallest absolute Gasteiger partial charge is 0.159 e. The number of furan rings is 2. The Morgan fingerprint density at radius 3 is 1.38 bits per heavy atom. The normalized spacial score (nSPS) is 13.9. The van der Waals surface area contributed by atoms with Crippen molar-refractivity contribution in [2.24, 2.45) is 0 Å². The molecule has 0 saturated carbocycles. The van der Waals surface area contributed by atoms with Crippen LogP contribution < -0.4 is 9.80 Å². The van der Waals surface area contributed by atoms with Crippen LogP contribution in [-0.2, 0) is 5.41 Å². The quantitative estimate of drug-likeness (QED) is 0.152. The minimum atomic E-state index is -0.595. The Kier molecular flexibility index (Phi) is 10.7. The Balaban J connectivity index is 0.739. The van der Waals surface area contributed by atoms with E-state index in [0.717, 1.165) is 89.1 Å². The summed E-state index contributed by atoms with van der Waals surface area (Å²) in [5, 5.41) is 11.8. The molecule has 414 valence electrons. The van der Waals surface area contributed by atoms with Crippen molar-refractivity contribution in [3.05, 3.63) is 338 Å². The molecule has 15 aromatic carbocycles. The Bertz CT molecular complexity index is 5740. The lowest BCUT2D eigenvalue weighted by atomic mass is 9.69. The van der Waals surface area contributed by atoms with Crippen molar-refractivity contribution in [3.63, 3.8) is 0 Å². The zero-order chi connectivity index (χ0) is 58.3. The standard InChI is InChI=1S/C85H52N2O2/c1-3-18-61(19-4-1)86(77-29-15-26-70-67-23-10-13-31-79(67)88-83(70)77)63-42-35-53(36-43-63)56-33-34-58-51-73-69-47-40-59-49-57(54-37-44-64(45-38-54)87(62-20-5-2-6-21-62)78-30-16-27-71-68-24-11-14-32-80(68)89-84(71)78)39-46-66(59)82(69)85(76(73)52-60(58)50-56)74-28-12-9-25-72(74)81-65-22-8-7-17-55(65)41-48-75(81)85/h1-52H. The summed E-state index contributed by atoms with van der Waals surface area (Å²) in [4.78, 5) is 4.62. The van der Waals surface area contributed by atoms with Crippen LogP contribution in [0.25, 0.3) is 121 Å². The predicted octanol–water partition coefficient (Wildman–Crippen LogP) is 23.6. The molecule has 2 aliphatic rings. The topological polar surface area (TPSA) is 32.8 Å². The van der Waals surface area contributed by atoms with Crippen molar-refractivity contribution in [2.75, 3.05) is 9.80 Å². The summed E-state index contributed by atoms with van der Waals surface area (Å²) in [6.45, 7) is 0. The van der Waals surface area contributed by atoms with Gasteiger partial charge >= 0.3 is 0 Å². The van der Waals surface area contributed by atoms with Gasteiger partial charge in [0, 0.05) is 44.3 Å². The third-order valence-corrected chi connectivity index (χ3v) is 19.2. The molecule has 4 heteroatoms. The monoisotopic (exact) mass is 1130 g/mol. The van der Waals surface area contributed by atoms with Gasteiger partial charge in [0.25, 0.3) is 0 Å². The van der Waals surface area contributed by atoms with Crippen LogP contribution in [0.4, 0.5) is 34.1 Å². The molecular formula is C85H52N2O2. The molecule has 2 aliphatic carbocycles. The average molecular weight is 1130 g/mol. The maximum atomic E-state index is 6.63. The van der Waals surface area contributed by atoms with Gasteiger partial charge in [-0.3, -0.25) is 0 Å². The lowest BCUT2D eigenvalue weighted by Crippen LogP contribution is -2.26. The lowest BCUT2D eigenvalue weighted by molar-refractivity contribution is 0.668. The highest BCUT2D eigenvalue weighted by Gasteiger charge is 2.53. The van der Waals surface area contributed by atoms with Gasteiger partial charge < -0.3 is 18.6 Å². The van der Waals surface area contributed by atoms with Gasteiger partial charge in [-0.05, 0) is 196 Å². The molecule has 0 aliphatic heterocycles. The summed E-state index contributed by atoms with van der Waals surface area (Å²) in [6.07, 6.45) is 0. The Labute approximate surface area is 513 Å². The number of fused-ring (bicyclic) bond motifs is 21. The van der Waals surface area contributed by atoms with Crippen LogP contribution in [0.3, 0.4) is 0 Å². The van der Waals surface area contributed by atoms with E-state index in [1.165, 1.54) is 88.0 Å². The molecule has 0 fully saturated rings. The number of hydrogen-bond donors (Lipinski definition) is 0. The zero-order valence-corrected chi connectivity index (χ0v) is 48.2. The van der Waals surface area contributed by atoms with E-state index >= 15 is 0 Å². The van der Waals surface area contributed by atoms with Gasteiger partial charge in [-0.15, -0.1) is 0 Å². The minimum Gasteiger partial charge on any atom is -0.454 e. The van der Waals surface area contributed by atoms with Crippen molar-refractivity contribution in [3.8, 4) is 44.5 Å². The number of para-hydroxylation sites is 6. The van der Waals surface area contributed by atoms with Crippen molar-refractivity contribution in [1.82, 2.24) is 0 Å². The highest BCUT2D eigenvalue weighted by Crippen LogP contribution is 2.65. The van der Waals surface area contributed by atoms with Gasteiger partial charge in [0.15, 0.2) is 11.2 Å². The van der Waals surface area contributed by atoms with E-state index < -0.39 is 5.41 Å². The van der Waals surface area contributed by atoms with Crippen LogP contribution in [0.2, 0.25) is 0 Å². The summed E-state index contributed by atoms with van der Waals surface area (Å²) in [5.74, 6) is 0. The van der Waals surface area contributed by atoms with Gasteiger partial charge in [0.05, 0.1) is 16.8 Å². The fourth-order valence-electron chi connectivity index (χ4n) is 15.3. The molecule has 1 spiro atoms. The largest absolute Gasteiger partial charge is 0.454 e. The molecule has 89 heavy (non-hydrogen) atoms. The second kappa shape index (κ2) is 19.1. The molecule has 2 aromatic heterocycles. The van der Waals surface area contributed by atoms with Crippen molar-refractivity contribution >= 4 is 110 Å². The summed E-state index contributed by atoms with van der Waals surface area (Å²) < 4.78 is 13.3. The lowest BCUT2D eigenvalue weighted by Gasteiger charge is -2.32. The molecule has 19 rings (SSSR count). The maximum absolute atomic E-state index is 6.63. The summed E-state index contributed by atoms with van der Waals surface area (Å²) in [6, 6.07) is 116. The SMILES string of the molecule is c1ccc(N(c2ccc(-c3ccc4cc5c(cc4c3)C3(c4ccccc4-c4c3ccc3ccccc43)c3c-5ccc4cc(-c5ccc(N(c6ccccc6)c6cccc7c6oc6ccccc67)cc5)ccc34)cc2)c2cccc3c2oc2ccccc23)cc1. The second-order valence-electron chi connectivity index (χ2n) is 23.8. The van der Waals surface area contributed by atoms with Crippen molar-refractivity contribution < 1.29 is 8.83 Å². The van der Waals surface area contributed by atoms with Gasteiger partial charge in [0.2, 0.25) is 0 Å². The first-order valence-electron chi connectivity index (χ1n) is 30.6. The van der Waals surface area contributed by atoms with E-state index in [4.69, 9.17) is 8.83 Å². The van der Waals surface area contributed by atoms with Gasteiger partial charge in [-0.25, -0.2) is 0 Å². The molecular weight excluding hydrogens is 1080 g/mol. The summed E-state index contributed by atoms with van der Waals surface area (Å²) in [5.41, 5.74) is 24.3. The molecule has 0 amide bonds. The minimum absolute atomic E-state index is 0.595. The molecule has 17 aromatic rings. The number of nitrogens with zero attached hydrogens (tertiary/aromatic N) is 2. The van der Waals surface area contributed by atoms with Gasteiger partial charge in [-0.1, -0.05) is 218 Å². The highest BCUT2D eigenvalue weighted by molar-refractivity contribution is 6.14. The molecule has 2 heterocycles. The number of hydrogen-bond acceptors (Lipinski definition) is 4. The molecule has 4 nitrogen and oxygen atoms in total. The van der Waals surface area contributed by atoms with Crippen LogP contribution in [0.1, 0.15) is 22.3 Å². The van der Waals surface area contributed by atoms with E-state index in [0.29, 0.717) is 0 Å². The van der Waals surface area contributed by atoms with E-state index in [9.17, 15) is 0 Å². The Hall–Kier alpha value is -11.7. The number of rotatable bonds is 8. The van der Waals surface area contributed by atoms with Crippen molar-refractivity contribution in [2.45, 2.75) is 5.41 Å². The third kappa shape index (κ3) is 7.29. The van der Waals surface area contributed by atoms with Gasteiger partial charge in [0.1, 0.15) is 11.2 Å². The zero-order valence-electron chi connectivity index (χ0n) is 48.2. The molecule has 1 unspecified atom stereocenters. The summed E-state index contributed by atoms with van der Waals surface area (Å²) >= 11 is 0. The van der Waals surface area contributed by atoms with Crippen LogP contribution >= 0.6 is 0 Å². The van der Waals surface area contributed by atoms with Crippen LogP contribution in [0.15, 0.2) is 324 Å². The van der Waals surface area contributed by atoms with Crippen LogP contribution in [-0.4, -0.2) is 0 Å². The maximum Gasteiger partial charge on any atom is 0.159 e. The van der Waals surface area contributed by atoms with Crippen molar-refractivity contribution in [1.29, 1.82) is 0 Å².